The van der Waals surface area contributed by atoms with Crippen molar-refractivity contribution in [2.75, 3.05) is 52.8 Å². The second kappa shape index (κ2) is 9.56. The van der Waals surface area contributed by atoms with Crippen molar-refractivity contribution in [2.24, 2.45) is 0 Å². The van der Waals surface area contributed by atoms with Crippen LogP contribution in [0.1, 0.15) is 28.0 Å². The van der Waals surface area contributed by atoms with Gasteiger partial charge < -0.3 is 24.6 Å². The summed E-state index contributed by atoms with van der Waals surface area (Å²) in [5, 5.41) is 2.92. The number of benzene rings is 1. The number of hydrogen-bond acceptors (Lipinski definition) is 7. The maximum absolute atomic E-state index is 12.4. The summed E-state index contributed by atoms with van der Waals surface area (Å²) < 4.78 is 10.8. The molecule has 156 valence electrons. The number of hydrogen-bond donors (Lipinski definition) is 1. The number of methoxy groups -OCH3 is 2. The lowest BCUT2D eigenvalue weighted by Crippen LogP contribution is -2.33. The molecule has 1 aromatic carbocycles. The van der Waals surface area contributed by atoms with Crippen LogP contribution in [0.5, 0.6) is 11.5 Å². The van der Waals surface area contributed by atoms with Gasteiger partial charge in [-0.2, -0.15) is 0 Å². The molecule has 1 N–H and O–H groups in total. The topological polar surface area (TPSA) is 79.8 Å². The number of carbonyl (C=O) groups is 1. The van der Waals surface area contributed by atoms with Gasteiger partial charge in [-0.15, -0.1) is 0 Å². The third kappa shape index (κ3) is 5.14. The number of ether oxygens (including phenoxy) is 2. The summed E-state index contributed by atoms with van der Waals surface area (Å²) in [6.07, 6.45) is 3.38. The van der Waals surface area contributed by atoms with Crippen molar-refractivity contribution < 1.29 is 14.3 Å². The minimum atomic E-state index is -0.170. The first-order valence-electron chi connectivity index (χ1n) is 9.76. The van der Waals surface area contributed by atoms with Gasteiger partial charge in [0, 0.05) is 25.8 Å². The first-order chi connectivity index (χ1) is 14.0. The number of rotatable bonds is 8. The van der Waals surface area contributed by atoms with Gasteiger partial charge in [0.2, 0.25) is 5.95 Å². The van der Waals surface area contributed by atoms with Crippen molar-refractivity contribution in [2.45, 2.75) is 19.4 Å². The van der Waals surface area contributed by atoms with Crippen LogP contribution in [-0.4, -0.2) is 68.7 Å². The van der Waals surface area contributed by atoms with E-state index in [1.165, 1.54) is 5.56 Å². The molecule has 0 unspecified atom stereocenters. The van der Waals surface area contributed by atoms with Crippen LogP contribution < -0.4 is 19.7 Å². The summed E-state index contributed by atoms with van der Waals surface area (Å²) in [7, 11) is 7.31. The molecule has 1 aliphatic rings. The highest BCUT2D eigenvalue weighted by Crippen LogP contribution is 2.33. The van der Waals surface area contributed by atoms with E-state index in [-0.39, 0.29) is 5.91 Å². The number of nitrogens with zero attached hydrogens (tertiary/aromatic N) is 4. The van der Waals surface area contributed by atoms with Crippen LogP contribution in [0.3, 0.4) is 0 Å². The van der Waals surface area contributed by atoms with Gasteiger partial charge in [-0.05, 0) is 62.8 Å². The molecule has 0 saturated heterocycles. The Labute approximate surface area is 171 Å². The largest absolute Gasteiger partial charge is 0.493 e. The van der Waals surface area contributed by atoms with Crippen molar-refractivity contribution in [1.82, 2.24) is 20.2 Å². The van der Waals surface area contributed by atoms with Gasteiger partial charge in [-0.1, -0.05) is 0 Å². The fourth-order valence-corrected chi connectivity index (χ4v) is 3.37. The molecule has 0 fully saturated rings. The van der Waals surface area contributed by atoms with Crippen molar-refractivity contribution in [3.05, 3.63) is 41.2 Å². The molecule has 8 heteroatoms. The van der Waals surface area contributed by atoms with Gasteiger partial charge >= 0.3 is 0 Å². The smallest absolute Gasteiger partial charge is 0.270 e. The summed E-state index contributed by atoms with van der Waals surface area (Å²) in [4.78, 5) is 25.5. The molecule has 0 radical (unpaired) electrons. The van der Waals surface area contributed by atoms with Gasteiger partial charge in [-0.3, -0.25) is 4.79 Å². The highest BCUT2D eigenvalue weighted by atomic mass is 16.5. The summed E-state index contributed by atoms with van der Waals surface area (Å²) in [5.41, 5.74) is 2.77. The minimum Gasteiger partial charge on any atom is -0.493 e. The highest BCUT2D eigenvalue weighted by Gasteiger charge is 2.22. The number of aromatic nitrogens is 2. The highest BCUT2D eigenvalue weighted by molar-refractivity contribution is 5.92. The summed E-state index contributed by atoms with van der Waals surface area (Å²) >= 11 is 0. The molecule has 1 aromatic heterocycles. The van der Waals surface area contributed by atoms with Crippen LogP contribution in [0.15, 0.2) is 24.4 Å². The van der Waals surface area contributed by atoms with Gasteiger partial charge in [0.25, 0.3) is 5.91 Å². The Bertz CT molecular complexity index is 856. The van der Waals surface area contributed by atoms with E-state index in [9.17, 15) is 4.79 Å². The molecule has 2 aromatic rings. The number of fused-ring (bicyclic) bond motifs is 1. The predicted octanol–water partition coefficient (Wildman–Crippen LogP) is 1.74. The standard InChI is InChI=1S/C21H29N5O3/c1-25(2)10-5-8-22-20(27)17-6-9-23-21(24-17)26-11-7-15-12-18(28-3)19(29-4)13-16(15)14-26/h6,9,12-13H,5,7-8,10-11,14H2,1-4H3,(H,22,27). The number of amides is 1. The zero-order valence-electron chi connectivity index (χ0n) is 17.6. The Kier molecular flexibility index (Phi) is 6.87. The van der Waals surface area contributed by atoms with Crippen LogP contribution in [0.25, 0.3) is 0 Å². The van der Waals surface area contributed by atoms with Gasteiger partial charge in [0.15, 0.2) is 11.5 Å². The van der Waals surface area contributed by atoms with E-state index in [0.29, 0.717) is 30.5 Å². The number of carbonyl (C=O) groups excluding carboxylic acids is 1. The van der Waals surface area contributed by atoms with Crippen molar-refractivity contribution in [3.8, 4) is 11.5 Å². The molecular formula is C21H29N5O3. The SMILES string of the molecule is COc1cc2c(cc1OC)CN(c1nccc(C(=O)NCCCN(C)C)n1)CC2. The Hall–Kier alpha value is -2.87. The van der Waals surface area contributed by atoms with E-state index >= 15 is 0 Å². The van der Waals surface area contributed by atoms with E-state index in [1.807, 2.05) is 26.2 Å². The predicted molar refractivity (Wildman–Crippen MR) is 112 cm³/mol. The van der Waals surface area contributed by atoms with Crippen molar-refractivity contribution >= 4 is 11.9 Å². The Morgan fingerprint density at radius 3 is 2.62 bits per heavy atom. The normalized spacial score (nSPS) is 13.2. The molecule has 0 atom stereocenters. The zero-order valence-corrected chi connectivity index (χ0v) is 17.6. The van der Waals surface area contributed by atoms with E-state index in [2.05, 4.69) is 25.1 Å². The summed E-state index contributed by atoms with van der Waals surface area (Å²) in [5.74, 6) is 1.84. The van der Waals surface area contributed by atoms with Crippen LogP contribution >= 0.6 is 0 Å². The summed E-state index contributed by atoms with van der Waals surface area (Å²) in [6, 6.07) is 5.68. The Balaban J connectivity index is 1.69. The third-order valence-electron chi connectivity index (χ3n) is 4.94. The molecule has 0 bridgehead atoms. The van der Waals surface area contributed by atoms with Crippen molar-refractivity contribution in [1.29, 1.82) is 0 Å². The van der Waals surface area contributed by atoms with E-state index in [1.54, 1.807) is 26.5 Å². The van der Waals surface area contributed by atoms with Crippen LogP contribution in [0.4, 0.5) is 5.95 Å². The molecule has 0 aliphatic carbocycles. The second-order valence-electron chi connectivity index (χ2n) is 7.30. The van der Waals surface area contributed by atoms with Gasteiger partial charge in [-0.25, -0.2) is 9.97 Å². The van der Waals surface area contributed by atoms with E-state index in [4.69, 9.17) is 9.47 Å². The van der Waals surface area contributed by atoms with Crippen molar-refractivity contribution in [3.63, 3.8) is 0 Å². The summed E-state index contributed by atoms with van der Waals surface area (Å²) in [6.45, 7) is 2.98. The van der Waals surface area contributed by atoms with Gasteiger partial charge in [0.05, 0.1) is 14.2 Å². The fraction of sp³-hybridized carbons (Fsp3) is 0.476. The maximum Gasteiger partial charge on any atom is 0.270 e. The molecule has 0 spiro atoms. The number of nitrogens with one attached hydrogen (secondary N) is 1. The first-order valence-corrected chi connectivity index (χ1v) is 9.76. The average molecular weight is 399 g/mol. The average Bonchev–Trinajstić information content (AvgIpc) is 2.75. The molecule has 8 nitrogen and oxygen atoms in total. The number of anilines is 1. The minimum absolute atomic E-state index is 0.170. The van der Waals surface area contributed by atoms with Crippen LogP contribution in [0, 0.1) is 0 Å². The first kappa shape index (κ1) is 20.9. The maximum atomic E-state index is 12.4. The lowest BCUT2D eigenvalue weighted by atomic mass is 9.99. The third-order valence-corrected chi connectivity index (χ3v) is 4.94. The Morgan fingerprint density at radius 1 is 1.21 bits per heavy atom. The van der Waals surface area contributed by atoms with Crippen LogP contribution in [-0.2, 0) is 13.0 Å². The molecule has 3 rings (SSSR count). The quantitative estimate of drug-likeness (QED) is 0.677. The molecule has 29 heavy (non-hydrogen) atoms. The lowest BCUT2D eigenvalue weighted by Gasteiger charge is -2.29. The second-order valence-corrected chi connectivity index (χ2v) is 7.30. The molecule has 0 saturated carbocycles. The van der Waals surface area contributed by atoms with Gasteiger partial charge in [0.1, 0.15) is 5.69 Å². The molecular weight excluding hydrogens is 370 g/mol. The molecule has 1 aliphatic heterocycles. The molecule has 2 heterocycles. The molecule has 1 amide bonds. The zero-order chi connectivity index (χ0) is 20.8. The van der Waals surface area contributed by atoms with Crippen LogP contribution in [0.2, 0.25) is 0 Å². The monoisotopic (exact) mass is 399 g/mol. The fourth-order valence-electron chi connectivity index (χ4n) is 3.37. The van der Waals surface area contributed by atoms with E-state index in [0.717, 1.165) is 37.2 Å². The van der Waals surface area contributed by atoms with E-state index < -0.39 is 0 Å². The Morgan fingerprint density at radius 2 is 1.93 bits per heavy atom. The lowest BCUT2D eigenvalue weighted by molar-refractivity contribution is 0.0947.